The molecule has 1 heterocycles. The van der Waals surface area contributed by atoms with Crippen LogP contribution in [-0.2, 0) is 10.8 Å². The number of nitrogens with zero attached hydrogens (tertiary/aromatic N) is 1. The van der Waals surface area contributed by atoms with E-state index < -0.39 is 0 Å². The van der Waals surface area contributed by atoms with Crippen LogP contribution in [0, 0.1) is 0 Å². The second kappa shape index (κ2) is 12.3. The third-order valence-electron chi connectivity index (χ3n) is 11.8. The third-order valence-corrected chi connectivity index (χ3v) is 11.8. The molecule has 0 bridgehead atoms. The molecule has 0 radical (unpaired) electrons. The molecule has 8 aromatic carbocycles. The molecule has 0 saturated heterocycles. The van der Waals surface area contributed by atoms with Crippen LogP contribution >= 0.6 is 0 Å². The molecule has 1 aliphatic rings. The molecular formula is C53H43NO. The Morgan fingerprint density at radius 3 is 1.89 bits per heavy atom. The fourth-order valence-electron chi connectivity index (χ4n) is 8.85. The highest BCUT2D eigenvalue weighted by molar-refractivity contribution is 6.19. The van der Waals surface area contributed by atoms with Crippen LogP contribution in [0.3, 0.4) is 0 Å². The molecule has 0 aliphatic heterocycles. The third kappa shape index (κ3) is 5.31. The van der Waals surface area contributed by atoms with Gasteiger partial charge in [0.25, 0.3) is 0 Å². The molecule has 10 rings (SSSR count). The first-order chi connectivity index (χ1) is 26.7. The van der Waals surface area contributed by atoms with Crippen LogP contribution in [0.1, 0.15) is 51.3 Å². The SMILES string of the molecule is CC(C)(C)c1ccc(-c2ccc(N(c3ccccc3)c3cccc4c3-c3c(cc(-c5ccc6ccccc6c5)c5c3oc3ccccc35)C4(C)C)cc2)cc1. The molecule has 0 atom stereocenters. The molecule has 0 spiro atoms. The number of furan rings is 1. The van der Waals surface area contributed by atoms with Crippen LogP contribution < -0.4 is 4.90 Å². The van der Waals surface area contributed by atoms with Gasteiger partial charge in [-0.2, -0.15) is 0 Å². The van der Waals surface area contributed by atoms with Crippen molar-refractivity contribution >= 4 is 49.8 Å². The predicted molar refractivity (Wildman–Crippen MR) is 233 cm³/mol. The lowest BCUT2D eigenvalue weighted by Crippen LogP contribution is -2.16. The van der Waals surface area contributed by atoms with Gasteiger partial charge in [-0.1, -0.05) is 156 Å². The first-order valence-corrected chi connectivity index (χ1v) is 19.3. The van der Waals surface area contributed by atoms with Crippen LogP contribution in [0.2, 0.25) is 0 Å². The van der Waals surface area contributed by atoms with Crippen molar-refractivity contribution in [1.29, 1.82) is 0 Å². The second-order valence-electron chi connectivity index (χ2n) is 16.6. The maximum absolute atomic E-state index is 7.02. The summed E-state index contributed by atoms with van der Waals surface area (Å²) in [6, 6.07) is 62.1. The Morgan fingerprint density at radius 1 is 0.509 bits per heavy atom. The van der Waals surface area contributed by atoms with Crippen LogP contribution in [0.25, 0.3) is 66.1 Å². The Kier molecular flexibility index (Phi) is 7.44. The van der Waals surface area contributed by atoms with Gasteiger partial charge in [-0.05, 0) is 104 Å². The van der Waals surface area contributed by atoms with Gasteiger partial charge >= 0.3 is 0 Å². The molecule has 266 valence electrons. The molecular weight excluding hydrogens is 667 g/mol. The van der Waals surface area contributed by atoms with E-state index in [1.165, 1.54) is 60.8 Å². The zero-order chi connectivity index (χ0) is 37.5. The lowest BCUT2D eigenvalue weighted by atomic mass is 9.81. The zero-order valence-corrected chi connectivity index (χ0v) is 32.0. The van der Waals surface area contributed by atoms with Crippen LogP contribution in [-0.4, -0.2) is 0 Å². The van der Waals surface area contributed by atoms with Crippen LogP contribution in [0.15, 0.2) is 174 Å². The summed E-state index contributed by atoms with van der Waals surface area (Å²) >= 11 is 0. The number of fused-ring (bicyclic) bond motifs is 8. The largest absolute Gasteiger partial charge is 0.455 e. The summed E-state index contributed by atoms with van der Waals surface area (Å²) in [6.45, 7) is 11.5. The minimum absolute atomic E-state index is 0.119. The van der Waals surface area contributed by atoms with Gasteiger partial charge in [0.05, 0.1) is 5.69 Å². The number of anilines is 3. The lowest BCUT2D eigenvalue weighted by molar-refractivity contribution is 0.590. The Morgan fingerprint density at radius 2 is 1.15 bits per heavy atom. The average Bonchev–Trinajstić information content (AvgIpc) is 3.71. The highest BCUT2D eigenvalue weighted by Gasteiger charge is 2.41. The summed E-state index contributed by atoms with van der Waals surface area (Å²) in [5, 5.41) is 4.78. The Labute approximate surface area is 323 Å². The molecule has 2 heteroatoms. The lowest BCUT2D eigenvalue weighted by Gasteiger charge is -2.29. The molecule has 1 aliphatic carbocycles. The van der Waals surface area contributed by atoms with Gasteiger partial charge in [-0.3, -0.25) is 0 Å². The molecule has 1 aromatic heterocycles. The number of benzene rings is 8. The van der Waals surface area contributed by atoms with Gasteiger partial charge in [0.1, 0.15) is 11.2 Å². The molecule has 55 heavy (non-hydrogen) atoms. The standard InChI is InChI=1S/C53H43NO/c1-52(2,3)39-28-24-35(25-29-39)36-26-30-41(31-27-36)54(40-16-7-6-8-17-40)46-20-13-19-44-49(46)50-45(53(44,4)5)33-43(38-23-22-34-14-9-10-15-37(34)32-38)48-42-18-11-12-21-47(42)55-51(48)50/h6-33H,1-5H3. The van der Waals surface area contributed by atoms with Crippen molar-refractivity contribution in [3.05, 3.63) is 187 Å². The zero-order valence-electron chi connectivity index (χ0n) is 32.0. The van der Waals surface area contributed by atoms with Crippen molar-refractivity contribution in [3.8, 4) is 33.4 Å². The molecule has 0 amide bonds. The Bertz CT molecular complexity index is 2910. The number of rotatable bonds is 5. The van der Waals surface area contributed by atoms with Crippen molar-refractivity contribution < 1.29 is 4.42 Å². The summed E-state index contributed by atoms with van der Waals surface area (Å²) in [7, 11) is 0. The smallest absolute Gasteiger partial charge is 0.144 e. The van der Waals surface area contributed by atoms with Gasteiger partial charge in [-0.25, -0.2) is 0 Å². The van der Waals surface area contributed by atoms with E-state index in [0.717, 1.165) is 39.0 Å². The normalized spacial score (nSPS) is 13.3. The van der Waals surface area contributed by atoms with Crippen molar-refractivity contribution in [3.63, 3.8) is 0 Å². The maximum Gasteiger partial charge on any atom is 0.144 e. The minimum Gasteiger partial charge on any atom is -0.455 e. The summed E-state index contributed by atoms with van der Waals surface area (Å²) in [6.07, 6.45) is 0. The number of para-hydroxylation sites is 2. The fourth-order valence-corrected chi connectivity index (χ4v) is 8.85. The van der Waals surface area contributed by atoms with E-state index in [2.05, 4.69) is 209 Å². The molecule has 9 aromatic rings. The summed E-state index contributed by atoms with van der Waals surface area (Å²) < 4.78 is 7.02. The molecule has 0 N–H and O–H groups in total. The minimum atomic E-state index is -0.273. The van der Waals surface area contributed by atoms with Gasteiger partial charge in [0.15, 0.2) is 0 Å². The highest BCUT2D eigenvalue weighted by Crippen LogP contribution is 2.58. The van der Waals surface area contributed by atoms with Crippen molar-refractivity contribution in [2.45, 2.75) is 45.4 Å². The van der Waals surface area contributed by atoms with Gasteiger partial charge < -0.3 is 9.32 Å². The summed E-state index contributed by atoms with van der Waals surface area (Å²) in [5.41, 5.74) is 16.2. The monoisotopic (exact) mass is 709 g/mol. The van der Waals surface area contributed by atoms with E-state index >= 15 is 0 Å². The van der Waals surface area contributed by atoms with Crippen molar-refractivity contribution in [1.82, 2.24) is 0 Å². The summed E-state index contributed by atoms with van der Waals surface area (Å²) in [5.74, 6) is 0. The van der Waals surface area contributed by atoms with E-state index in [-0.39, 0.29) is 10.8 Å². The predicted octanol–water partition coefficient (Wildman–Crippen LogP) is 15.1. The van der Waals surface area contributed by atoms with E-state index in [1.807, 2.05) is 0 Å². The number of hydrogen-bond acceptors (Lipinski definition) is 2. The van der Waals surface area contributed by atoms with E-state index in [0.29, 0.717) is 0 Å². The Hall–Kier alpha value is -6.38. The van der Waals surface area contributed by atoms with Gasteiger partial charge in [0, 0.05) is 38.7 Å². The molecule has 0 fully saturated rings. The number of hydrogen-bond donors (Lipinski definition) is 0. The van der Waals surface area contributed by atoms with Crippen LogP contribution in [0.4, 0.5) is 17.1 Å². The fraction of sp³-hybridized carbons (Fsp3) is 0.132. The average molecular weight is 710 g/mol. The molecule has 0 saturated carbocycles. The van der Waals surface area contributed by atoms with Crippen molar-refractivity contribution in [2.24, 2.45) is 0 Å². The van der Waals surface area contributed by atoms with E-state index in [1.54, 1.807) is 0 Å². The van der Waals surface area contributed by atoms with E-state index in [9.17, 15) is 0 Å². The second-order valence-corrected chi connectivity index (χ2v) is 16.6. The van der Waals surface area contributed by atoms with Crippen molar-refractivity contribution in [2.75, 3.05) is 4.90 Å². The molecule has 0 unspecified atom stereocenters. The van der Waals surface area contributed by atoms with Gasteiger partial charge in [-0.15, -0.1) is 0 Å². The topological polar surface area (TPSA) is 16.4 Å². The maximum atomic E-state index is 7.02. The highest BCUT2D eigenvalue weighted by atomic mass is 16.3. The quantitative estimate of drug-likeness (QED) is 0.177. The van der Waals surface area contributed by atoms with Gasteiger partial charge in [0.2, 0.25) is 0 Å². The Balaban J connectivity index is 1.19. The molecule has 2 nitrogen and oxygen atoms in total. The first kappa shape index (κ1) is 33.2. The van der Waals surface area contributed by atoms with E-state index in [4.69, 9.17) is 4.42 Å². The first-order valence-electron chi connectivity index (χ1n) is 19.3. The summed E-state index contributed by atoms with van der Waals surface area (Å²) in [4.78, 5) is 2.42. The van der Waals surface area contributed by atoms with Crippen LogP contribution in [0.5, 0.6) is 0 Å².